The summed E-state index contributed by atoms with van der Waals surface area (Å²) < 4.78 is 19.5. The summed E-state index contributed by atoms with van der Waals surface area (Å²) in [6, 6.07) is 15.1. The molecule has 1 atom stereocenters. The van der Waals surface area contributed by atoms with Gasteiger partial charge in [0.25, 0.3) is 0 Å². The standard InChI is InChI=1S/C17H20FNOS/c1-13(19)12-14-6-5-9-16(18)17(14)20-10-11-21-15-7-3-2-4-8-15/h2-9,13H,10-12,19H2,1H3. The summed E-state index contributed by atoms with van der Waals surface area (Å²) >= 11 is 1.69. The molecule has 4 heteroatoms. The average Bonchev–Trinajstić information content (AvgIpc) is 2.46. The molecule has 0 amide bonds. The summed E-state index contributed by atoms with van der Waals surface area (Å²) in [6.07, 6.45) is 0.610. The molecule has 2 rings (SSSR count). The maximum Gasteiger partial charge on any atom is 0.165 e. The van der Waals surface area contributed by atoms with Crippen molar-refractivity contribution in [3.63, 3.8) is 0 Å². The number of thioether (sulfide) groups is 1. The van der Waals surface area contributed by atoms with Gasteiger partial charge in [-0.25, -0.2) is 4.39 Å². The van der Waals surface area contributed by atoms with Crippen LogP contribution in [0.2, 0.25) is 0 Å². The van der Waals surface area contributed by atoms with E-state index in [1.54, 1.807) is 17.8 Å². The zero-order chi connectivity index (χ0) is 15.1. The third kappa shape index (κ3) is 5.06. The molecule has 2 aromatic carbocycles. The van der Waals surface area contributed by atoms with Crippen LogP contribution in [0.5, 0.6) is 5.75 Å². The molecular weight excluding hydrogens is 285 g/mol. The number of nitrogens with two attached hydrogens (primary N) is 1. The van der Waals surface area contributed by atoms with Crippen LogP contribution in [0.4, 0.5) is 4.39 Å². The Balaban J connectivity index is 1.90. The number of rotatable bonds is 7. The molecule has 0 radical (unpaired) electrons. The highest BCUT2D eigenvalue weighted by Gasteiger charge is 2.11. The summed E-state index contributed by atoms with van der Waals surface area (Å²) in [5.74, 6) is 0.789. The number of ether oxygens (including phenoxy) is 1. The first kappa shape index (κ1) is 15.9. The quantitative estimate of drug-likeness (QED) is 0.622. The van der Waals surface area contributed by atoms with Crippen molar-refractivity contribution in [1.29, 1.82) is 0 Å². The number of hydrogen-bond donors (Lipinski definition) is 1. The van der Waals surface area contributed by atoms with Gasteiger partial charge in [0, 0.05) is 16.7 Å². The lowest BCUT2D eigenvalue weighted by molar-refractivity contribution is 0.320. The van der Waals surface area contributed by atoms with E-state index in [-0.39, 0.29) is 11.9 Å². The first-order valence-electron chi connectivity index (χ1n) is 7.00. The molecule has 2 N–H and O–H groups in total. The smallest absolute Gasteiger partial charge is 0.165 e. The topological polar surface area (TPSA) is 35.2 Å². The second kappa shape index (κ2) is 8.05. The maximum atomic E-state index is 13.9. The fourth-order valence-electron chi connectivity index (χ4n) is 2.04. The number of halogens is 1. The molecular formula is C17H20FNOS. The summed E-state index contributed by atoms with van der Waals surface area (Å²) in [7, 11) is 0. The van der Waals surface area contributed by atoms with Gasteiger partial charge in [-0.15, -0.1) is 11.8 Å². The van der Waals surface area contributed by atoms with Crippen LogP contribution in [-0.4, -0.2) is 18.4 Å². The van der Waals surface area contributed by atoms with E-state index in [1.807, 2.05) is 31.2 Å². The first-order chi connectivity index (χ1) is 10.2. The normalized spacial score (nSPS) is 12.1. The zero-order valence-electron chi connectivity index (χ0n) is 12.1. The molecule has 1 unspecified atom stereocenters. The lowest BCUT2D eigenvalue weighted by Gasteiger charge is -2.13. The van der Waals surface area contributed by atoms with Crippen molar-refractivity contribution in [2.75, 3.05) is 12.4 Å². The van der Waals surface area contributed by atoms with Crippen molar-refractivity contribution < 1.29 is 9.13 Å². The van der Waals surface area contributed by atoms with Crippen LogP contribution in [0.25, 0.3) is 0 Å². The Labute approximate surface area is 129 Å². The monoisotopic (exact) mass is 305 g/mol. The Morgan fingerprint density at radius 2 is 1.90 bits per heavy atom. The third-order valence-electron chi connectivity index (χ3n) is 2.93. The number of benzene rings is 2. The Bertz CT molecular complexity index is 560. The minimum Gasteiger partial charge on any atom is -0.489 e. The van der Waals surface area contributed by atoms with Crippen molar-refractivity contribution in [3.05, 3.63) is 59.9 Å². The molecule has 0 bridgehead atoms. The van der Waals surface area contributed by atoms with Crippen LogP contribution < -0.4 is 10.5 Å². The molecule has 2 aromatic rings. The van der Waals surface area contributed by atoms with Crippen LogP contribution in [0.3, 0.4) is 0 Å². The predicted molar refractivity (Wildman–Crippen MR) is 86.4 cm³/mol. The SMILES string of the molecule is CC(N)Cc1cccc(F)c1OCCSc1ccccc1. The summed E-state index contributed by atoms with van der Waals surface area (Å²) in [5, 5.41) is 0. The van der Waals surface area contributed by atoms with Gasteiger partial charge in [0.2, 0.25) is 0 Å². The Morgan fingerprint density at radius 3 is 2.62 bits per heavy atom. The molecule has 0 fully saturated rings. The lowest BCUT2D eigenvalue weighted by Crippen LogP contribution is -2.18. The molecule has 0 spiro atoms. The number of hydrogen-bond acceptors (Lipinski definition) is 3. The largest absolute Gasteiger partial charge is 0.489 e. The van der Waals surface area contributed by atoms with Crippen molar-refractivity contribution in [3.8, 4) is 5.75 Å². The highest BCUT2D eigenvalue weighted by molar-refractivity contribution is 7.99. The predicted octanol–water partition coefficient (Wildman–Crippen LogP) is 3.89. The van der Waals surface area contributed by atoms with E-state index in [0.29, 0.717) is 18.8 Å². The van der Waals surface area contributed by atoms with E-state index >= 15 is 0 Å². The second-order valence-corrected chi connectivity index (χ2v) is 6.09. The maximum absolute atomic E-state index is 13.9. The fraction of sp³-hybridized carbons (Fsp3) is 0.294. The molecule has 0 saturated heterocycles. The van der Waals surface area contributed by atoms with E-state index in [1.165, 1.54) is 11.0 Å². The van der Waals surface area contributed by atoms with Crippen LogP contribution >= 0.6 is 11.8 Å². The van der Waals surface area contributed by atoms with E-state index in [4.69, 9.17) is 10.5 Å². The van der Waals surface area contributed by atoms with Crippen LogP contribution in [0.15, 0.2) is 53.4 Å². The molecule has 0 saturated carbocycles. The highest BCUT2D eigenvalue weighted by atomic mass is 32.2. The second-order valence-electron chi connectivity index (χ2n) is 4.92. The third-order valence-corrected chi connectivity index (χ3v) is 3.91. The molecule has 0 heterocycles. The van der Waals surface area contributed by atoms with Crippen molar-refractivity contribution in [2.24, 2.45) is 5.73 Å². The van der Waals surface area contributed by atoms with E-state index in [9.17, 15) is 4.39 Å². The Hall–Kier alpha value is -1.52. The van der Waals surface area contributed by atoms with Crippen molar-refractivity contribution in [2.45, 2.75) is 24.3 Å². The Morgan fingerprint density at radius 1 is 1.14 bits per heavy atom. The molecule has 21 heavy (non-hydrogen) atoms. The molecule has 0 aromatic heterocycles. The van der Waals surface area contributed by atoms with Gasteiger partial charge in [0.1, 0.15) is 0 Å². The van der Waals surface area contributed by atoms with E-state index in [0.717, 1.165) is 11.3 Å². The molecule has 2 nitrogen and oxygen atoms in total. The van der Waals surface area contributed by atoms with Crippen LogP contribution in [-0.2, 0) is 6.42 Å². The highest BCUT2D eigenvalue weighted by Crippen LogP contribution is 2.24. The van der Waals surface area contributed by atoms with Crippen LogP contribution in [0.1, 0.15) is 12.5 Å². The van der Waals surface area contributed by atoms with E-state index < -0.39 is 0 Å². The van der Waals surface area contributed by atoms with Gasteiger partial charge in [0.05, 0.1) is 6.61 Å². The summed E-state index contributed by atoms with van der Waals surface area (Å²) in [6.45, 7) is 2.37. The zero-order valence-corrected chi connectivity index (χ0v) is 12.9. The van der Waals surface area contributed by atoms with E-state index in [2.05, 4.69) is 12.1 Å². The van der Waals surface area contributed by atoms with Crippen LogP contribution in [0, 0.1) is 5.82 Å². The van der Waals surface area contributed by atoms with Gasteiger partial charge in [-0.3, -0.25) is 0 Å². The molecule has 0 aliphatic rings. The van der Waals surface area contributed by atoms with Crippen molar-refractivity contribution in [1.82, 2.24) is 0 Å². The number of para-hydroxylation sites is 1. The summed E-state index contributed by atoms with van der Waals surface area (Å²) in [5.41, 5.74) is 6.62. The minimum atomic E-state index is -0.321. The van der Waals surface area contributed by atoms with Gasteiger partial charge >= 0.3 is 0 Å². The van der Waals surface area contributed by atoms with Gasteiger partial charge in [0.15, 0.2) is 11.6 Å². The van der Waals surface area contributed by atoms with Gasteiger partial charge in [-0.05, 0) is 37.1 Å². The molecule has 0 aliphatic heterocycles. The van der Waals surface area contributed by atoms with Gasteiger partial charge < -0.3 is 10.5 Å². The van der Waals surface area contributed by atoms with Gasteiger partial charge in [-0.1, -0.05) is 30.3 Å². The summed E-state index contributed by atoms with van der Waals surface area (Å²) in [4.78, 5) is 1.19. The Kier molecular flexibility index (Phi) is 6.08. The fourth-order valence-corrected chi connectivity index (χ4v) is 2.79. The lowest BCUT2D eigenvalue weighted by atomic mass is 10.1. The average molecular weight is 305 g/mol. The van der Waals surface area contributed by atoms with Crippen molar-refractivity contribution >= 4 is 11.8 Å². The first-order valence-corrected chi connectivity index (χ1v) is 7.99. The molecule has 0 aliphatic carbocycles. The van der Waals surface area contributed by atoms with Gasteiger partial charge in [-0.2, -0.15) is 0 Å². The minimum absolute atomic E-state index is 0.0205. The molecule has 112 valence electrons.